The molecule has 1 heterocycles. The molecule has 23 heavy (non-hydrogen) atoms. The van der Waals surface area contributed by atoms with Gasteiger partial charge in [0.1, 0.15) is 5.75 Å². The largest absolute Gasteiger partial charge is 0.462 e. The molecule has 1 aromatic heterocycles. The summed E-state index contributed by atoms with van der Waals surface area (Å²) in [6.45, 7) is 1.70. The maximum atomic E-state index is 10.6. The summed E-state index contributed by atoms with van der Waals surface area (Å²) in [5.74, 6) is -0.553. The van der Waals surface area contributed by atoms with Gasteiger partial charge in [-0.2, -0.15) is 0 Å². The number of fused-ring (bicyclic) bond motifs is 1. The highest BCUT2D eigenvalue weighted by Crippen LogP contribution is 2.31. The SMILES string of the molecule is C[C@](O)(CCc1cccnc1)Oc1cccc2cc(Br)ccc12. The lowest BCUT2D eigenvalue weighted by molar-refractivity contribution is -0.125. The van der Waals surface area contributed by atoms with Crippen LogP contribution in [0.1, 0.15) is 18.9 Å². The van der Waals surface area contributed by atoms with Crippen molar-refractivity contribution in [2.75, 3.05) is 0 Å². The van der Waals surface area contributed by atoms with E-state index in [1.54, 1.807) is 13.1 Å². The zero-order chi connectivity index (χ0) is 16.3. The molecule has 1 N–H and O–H groups in total. The molecule has 0 amide bonds. The average molecular weight is 372 g/mol. The van der Waals surface area contributed by atoms with Crippen LogP contribution in [0.4, 0.5) is 0 Å². The number of hydrogen-bond acceptors (Lipinski definition) is 3. The lowest BCUT2D eigenvalue weighted by atomic mass is 10.1. The Morgan fingerprint density at radius 3 is 2.83 bits per heavy atom. The molecule has 0 fully saturated rings. The third-order valence-electron chi connectivity index (χ3n) is 3.73. The maximum Gasteiger partial charge on any atom is 0.205 e. The molecule has 0 aliphatic rings. The second kappa shape index (κ2) is 6.69. The second-order valence-corrected chi connectivity index (χ2v) is 6.68. The van der Waals surface area contributed by atoms with Crippen LogP contribution < -0.4 is 4.74 Å². The maximum absolute atomic E-state index is 10.6. The van der Waals surface area contributed by atoms with Crippen molar-refractivity contribution in [1.29, 1.82) is 0 Å². The summed E-state index contributed by atoms with van der Waals surface area (Å²) in [7, 11) is 0. The Kier molecular flexibility index (Phi) is 4.64. The lowest BCUT2D eigenvalue weighted by Crippen LogP contribution is -2.32. The highest BCUT2D eigenvalue weighted by Gasteiger charge is 2.23. The number of ether oxygens (including phenoxy) is 1. The van der Waals surface area contributed by atoms with Gasteiger partial charge in [-0.25, -0.2) is 0 Å². The van der Waals surface area contributed by atoms with Crippen LogP contribution in [0.5, 0.6) is 5.75 Å². The highest BCUT2D eigenvalue weighted by atomic mass is 79.9. The molecule has 2 aromatic carbocycles. The first-order valence-electron chi connectivity index (χ1n) is 7.52. The van der Waals surface area contributed by atoms with Crippen molar-refractivity contribution >= 4 is 26.7 Å². The number of halogens is 1. The van der Waals surface area contributed by atoms with Crippen LogP contribution in [0.2, 0.25) is 0 Å². The number of pyridine rings is 1. The van der Waals surface area contributed by atoms with Crippen LogP contribution in [-0.2, 0) is 6.42 Å². The normalized spacial score (nSPS) is 13.7. The molecule has 0 aliphatic carbocycles. The summed E-state index contributed by atoms with van der Waals surface area (Å²) in [6.07, 6.45) is 4.75. The molecule has 3 rings (SSSR count). The van der Waals surface area contributed by atoms with Crippen LogP contribution in [-0.4, -0.2) is 15.9 Å². The molecule has 0 unspecified atom stereocenters. The summed E-state index contributed by atoms with van der Waals surface area (Å²) < 4.78 is 6.92. The summed E-state index contributed by atoms with van der Waals surface area (Å²) in [5, 5.41) is 12.6. The van der Waals surface area contributed by atoms with Gasteiger partial charge in [0.25, 0.3) is 0 Å². The zero-order valence-corrected chi connectivity index (χ0v) is 14.5. The molecule has 3 aromatic rings. The quantitative estimate of drug-likeness (QED) is 0.659. The van der Waals surface area contributed by atoms with E-state index in [0.717, 1.165) is 20.8 Å². The van der Waals surface area contributed by atoms with Gasteiger partial charge in [0.15, 0.2) is 0 Å². The molecule has 0 saturated carbocycles. The minimum atomic E-state index is -1.24. The Labute approximate surface area is 144 Å². The van der Waals surface area contributed by atoms with Gasteiger partial charge in [0.05, 0.1) is 0 Å². The minimum Gasteiger partial charge on any atom is -0.462 e. The van der Waals surface area contributed by atoms with Crippen LogP contribution in [0.15, 0.2) is 65.4 Å². The van der Waals surface area contributed by atoms with E-state index >= 15 is 0 Å². The lowest BCUT2D eigenvalue weighted by Gasteiger charge is -2.25. The van der Waals surface area contributed by atoms with Gasteiger partial charge < -0.3 is 9.84 Å². The first kappa shape index (κ1) is 16.0. The number of nitrogens with zero attached hydrogens (tertiary/aromatic N) is 1. The fourth-order valence-electron chi connectivity index (χ4n) is 2.52. The van der Waals surface area contributed by atoms with Crippen molar-refractivity contribution in [3.05, 3.63) is 71.0 Å². The number of hydrogen-bond donors (Lipinski definition) is 1. The fraction of sp³-hybridized carbons (Fsp3) is 0.211. The van der Waals surface area contributed by atoms with E-state index in [1.807, 2.05) is 54.7 Å². The van der Waals surface area contributed by atoms with Gasteiger partial charge in [0.2, 0.25) is 5.79 Å². The Morgan fingerprint density at radius 1 is 1.17 bits per heavy atom. The van der Waals surface area contributed by atoms with E-state index in [-0.39, 0.29) is 0 Å². The van der Waals surface area contributed by atoms with E-state index in [0.29, 0.717) is 18.6 Å². The third-order valence-corrected chi connectivity index (χ3v) is 4.23. The van der Waals surface area contributed by atoms with Crippen LogP contribution in [0.25, 0.3) is 10.8 Å². The molecule has 0 spiro atoms. The number of rotatable bonds is 5. The van der Waals surface area contributed by atoms with Gasteiger partial charge in [0, 0.05) is 35.6 Å². The monoisotopic (exact) mass is 371 g/mol. The fourth-order valence-corrected chi connectivity index (χ4v) is 2.90. The van der Waals surface area contributed by atoms with Crippen LogP contribution in [0.3, 0.4) is 0 Å². The van der Waals surface area contributed by atoms with Gasteiger partial charge in [-0.3, -0.25) is 4.98 Å². The van der Waals surface area contributed by atoms with Crippen LogP contribution >= 0.6 is 15.9 Å². The molecule has 0 saturated heterocycles. The van der Waals surface area contributed by atoms with Crippen LogP contribution in [0, 0.1) is 0 Å². The molecular formula is C19H18BrNO2. The Morgan fingerprint density at radius 2 is 2.04 bits per heavy atom. The zero-order valence-electron chi connectivity index (χ0n) is 12.9. The van der Waals surface area contributed by atoms with Gasteiger partial charge in [-0.05, 0) is 47.7 Å². The molecule has 118 valence electrons. The van der Waals surface area contributed by atoms with E-state index in [2.05, 4.69) is 20.9 Å². The molecule has 0 bridgehead atoms. The molecular weight excluding hydrogens is 354 g/mol. The van der Waals surface area contributed by atoms with E-state index < -0.39 is 5.79 Å². The average Bonchev–Trinajstić information content (AvgIpc) is 2.54. The highest BCUT2D eigenvalue weighted by molar-refractivity contribution is 9.10. The Bertz CT molecular complexity index is 803. The smallest absolute Gasteiger partial charge is 0.205 e. The number of aromatic nitrogens is 1. The third kappa shape index (κ3) is 4.09. The summed E-state index contributed by atoms with van der Waals surface area (Å²) in [6, 6.07) is 15.7. The van der Waals surface area contributed by atoms with E-state index in [4.69, 9.17) is 4.74 Å². The Balaban J connectivity index is 1.77. The second-order valence-electron chi connectivity index (χ2n) is 5.76. The van der Waals surface area contributed by atoms with Gasteiger partial charge >= 0.3 is 0 Å². The van der Waals surface area contributed by atoms with Crippen molar-refractivity contribution in [3.8, 4) is 5.75 Å². The van der Waals surface area contributed by atoms with E-state index in [1.165, 1.54) is 0 Å². The first-order valence-corrected chi connectivity index (χ1v) is 8.31. The van der Waals surface area contributed by atoms with E-state index in [9.17, 15) is 5.11 Å². The topological polar surface area (TPSA) is 42.4 Å². The molecule has 4 heteroatoms. The van der Waals surface area contributed by atoms with Crippen molar-refractivity contribution in [2.24, 2.45) is 0 Å². The molecule has 1 atom stereocenters. The summed E-state index contributed by atoms with van der Waals surface area (Å²) >= 11 is 3.47. The van der Waals surface area contributed by atoms with Crippen molar-refractivity contribution in [3.63, 3.8) is 0 Å². The predicted molar refractivity (Wildman–Crippen MR) is 95.5 cm³/mol. The summed E-state index contributed by atoms with van der Waals surface area (Å²) in [4.78, 5) is 4.09. The summed E-state index contributed by atoms with van der Waals surface area (Å²) in [5.41, 5.74) is 1.08. The molecule has 0 radical (unpaired) electrons. The van der Waals surface area contributed by atoms with Crippen molar-refractivity contribution in [2.45, 2.75) is 25.6 Å². The van der Waals surface area contributed by atoms with Crippen molar-refractivity contribution < 1.29 is 9.84 Å². The number of aryl methyl sites for hydroxylation is 1. The number of aliphatic hydroxyl groups is 1. The minimum absolute atomic E-state index is 0.492. The Hall–Kier alpha value is -1.91. The predicted octanol–water partition coefficient (Wildman–Crippen LogP) is 4.72. The standard InChI is InChI=1S/C19H18BrNO2/c1-19(22,10-9-14-4-3-11-21-13-14)23-18-6-2-5-15-12-16(20)7-8-17(15)18/h2-8,11-13,22H,9-10H2,1H3/t19-/m1/s1. The molecule has 0 aliphatic heterocycles. The molecule has 3 nitrogen and oxygen atoms in total. The van der Waals surface area contributed by atoms with Crippen molar-refractivity contribution in [1.82, 2.24) is 4.98 Å². The number of benzene rings is 2. The van der Waals surface area contributed by atoms with Gasteiger partial charge in [-0.1, -0.05) is 34.1 Å². The van der Waals surface area contributed by atoms with Gasteiger partial charge in [-0.15, -0.1) is 0 Å². The first-order chi connectivity index (χ1) is 11.0.